The molecule has 0 unspecified atom stereocenters. The van der Waals surface area contributed by atoms with Crippen molar-refractivity contribution in [3.05, 3.63) is 58.6 Å². The van der Waals surface area contributed by atoms with Crippen molar-refractivity contribution < 1.29 is 9.53 Å². The van der Waals surface area contributed by atoms with Crippen molar-refractivity contribution in [2.75, 3.05) is 12.4 Å². The molecule has 0 saturated carbocycles. The van der Waals surface area contributed by atoms with Crippen LogP contribution in [0.3, 0.4) is 0 Å². The molecule has 0 spiro atoms. The zero-order chi connectivity index (χ0) is 20.3. The van der Waals surface area contributed by atoms with Crippen molar-refractivity contribution in [1.82, 2.24) is 20.2 Å². The molecule has 0 aliphatic carbocycles. The lowest BCUT2D eigenvalue weighted by molar-refractivity contribution is 0.102. The number of amides is 1. The summed E-state index contributed by atoms with van der Waals surface area (Å²) >= 11 is 6.51. The first-order chi connectivity index (χ1) is 13.4. The van der Waals surface area contributed by atoms with E-state index in [4.69, 9.17) is 27.9 Å². The van der Waals surface area contributed by atoms with Gasteiger partial charge in [-0.25, -0.2) is 9.67 Å². The van der Waals surface area contributed by atoms with Crippen molar-refractivity contribution in [2.45, 2.75) is 13.5 Å². The molecule has 0 fully saturated rings. The van der Waals surface area contributed by atoms with Gasteiger partial charge >= 0.3 is 0 Å². The fourth-order valence-electron chi connectivity index (χ4n) is 2.74. The first-order valence-corrected chi connectivity index (χ1v) is 8.70. The van der Waals surface area contributed by atoms with Gasteiger partial charge in [-0.05, 0) is 31.2 Å². The van der Waals surface area contributed by atoms with E-state index in [1.165, 1.54) is 12.4 Å². The molecule has 1 aromatic carbocycles. The van der Waals surface area contributed by atoms with Crippen molar-refractivity contribution in [2.24, 2.45) is 11.6 Å². The number of aromatic nitrogens is 3. The Bertz CT molecular complexity index is 1040. The lowest BCUT2D eigenvalue weighted by Crippen LogP contribution is -2.19. The SMILES string of the molecule is COc1ccc(NC(=O)c2cnc3c(c(C)nn3C/C(N)=C/NN)c2Cl)cc1. The van der Waals surface area contributed by atoms with Gasteiger partial charge in [0.15, 0.2) is 5.65 Å². The molecule has 0 aliphatic rings. The van der Waals surface area contributed by atoms with Crippen LogP contribution in [-0.4, -0.2) is 27.8 Å². The summed E-state index contributed by atoms with van der Waals surface area (Å²) in [6, 6.07) is 6.98. The fourth-order valence-corrected chi connectivity index (χ4v) is 3.10. The Labute approximate surface area is 166 Å². The fraction of sp³-hybridized carbons (Fsp3) is 0.167. The summed E-state index contributed by atoms with van der Waals surface area (Å²) in [6.07, 6.45) is 2.88. The number of benzene rings is 1. The maximum absolute atomic E-state index is 12.7. The number of pyridine rings is 1. The highest BCUT2D eigenvalue weighted by Gasteiger charge is 2.19. The maximum atomic E-state index is 12.7. The predicted molar refractivity (Wildman–Crippen MR) is 108 cm³/mol. The third-order valence-corrected chi connectivity index (χ3v) is 4.46. The standard InChI is InChI=1S/C18H20ClN7O2/c1-10-15-16(19)14(18(27)24-12-3-5-13(28-2)6-4-12)8-22-17(15)26(25-10)9-11(20)7-23-21/h3-8,23H,9,20-21H2,1-2H3,(H,24,27)/b11-7-. The number of methoxy groups -OCH3 is 1. The van der Waals surface area contributed by atoms with Crippen molar-refractivity contribution in [3.8, 4) is 5.75 Å². The largest absolute Gasteiger partial charge is 0.497 e. The van der Waals surface area contributed by atoms with Gasteiger partial charge in [0.25, 0.3) is 5.91 Å². The number of nitrogens with two attached hydrogens (primary N) is 2. The first kappa shape index (κ1) is 19.5. The number of carbonyl (C=O) groups is 1. The van der Waals surface area contributed by atoms with Crippen LogP contribution in [-0.2, 0) is 6.54 Å². The highest BCUT2D eigenvalue weighted by molar-refractivity contribution is 6.39. The molecule has 2 aromatic heterocycles. The highest BCUT2D eigenvalue weighted by Crippen LogP contribution is 2.29. The molecule has 9 nitrogen and oxygen atoms in total. The van der Waals surface area contributed by atoms with Gasteiger partial charge < -0.3 is 21.2 Å². The van der Waals surface area contributed by atoms with Crippen LogP contribution in [0.4, 0.5) is 5.69 Å². The monoisotopic (exact) mass is 401 g/mol. The third kappa shape index (κ3) is 3.85. The number of anilines is 1. The normalized spacial score (nSPS) is 11.5. The minimum Gasteiger partial charge on any atom is -0.497 e. The Morgan fingerprint density at radius 1 is 1.36 bits per heavy atom. The van der Waals surface area contributed by atoms with E-state index in [1.807, 2.05) is 0 Å². The van der Waals surface area contributed by atoms with Crippen molar-refractivity contribution in [3.63, 3.8) is 0 Å². The number of allylic oxidation sites excluding steroid dienone is 1. The Balaban J connectivity index is 1.92. The number of halogens is 1. The van der Waals surface area contributed by atoms with Crippen LogP contribution in [0.15, 0.2) is 42.4 Å². The molecule has 6 N–H and O–H groups in total. The van der Waals surface area contributed by atoms with Gasteiger partial charge in [-0.15, -0.1) is 0 Å². The van der Waals surface area contributed by atoms with E-state index >= 15 is 0 Å². The molecule has 0 radical (unpaired) electrons. The van der Waals surface area contributed by atoms with Crippen LogP contribution < -0.4 is 27.1 Å². The molecule has 2 heterocycles. The number of hydrogen-bond donors (Lipinski definition) is 4. The van der Waals surface area contributed by atoms with Gasteiger partial charge in [0.1, 0.15) is 5.75 Å². The number of aryl methyl sites for hydroxylation is 1. The summed E-state index contributed by atoms with van der Waals surface area (Å²) in [5, 5.41) is 8.08. The minimum absolute atomic E-state index is 0.250. The number of nitrogens with zero attached hydrogens (tertiary/aromatic N) is 3. The molecular weight excluding hydrogens is 382 g/mol. The number of rotatable bonds is 6. The molecule has 0 saturated heterocycles. The summed E-state index contributed by atoms with van der Waals surface area (Å²) in [5.74, 6) is 5.56. The van der Waals surface area contributed by atoms with Crippen molar-refractivity contribution in [1.29, 1.82) is 0 Å². The lowest BCUT2D eigenvalue weighted by Gasteiger charge is -2.09. The summed E-state index contributed by atoms with van der Waals surface area (Å²) in [4.78, 5) is 17.0. The van der Waals surface area contributed by atoms with Crippen LogP contribution in [0.2, 0.25) is 5.02 Å². The van der Waals surface area contributed by atoms with Gasteiger partial charge in [-0.3, -0.25) is 10.6 Å². The summed E-state index contributed by atoms with van der Waals surface area (Å²) in [7, 11) is 1.58. The molecule has 3 rings (SSSR count). The Morgan fingerprint density at radius 3 is 2.71 bits per heavy atom. The van der Waals surface area contributed by atoms with Crippen LogP contribution in [0.5, 0.6) is 5.75 Å². The van der Waals surface area contributed by atoms with E-state index in [1.54, 1.807) is 43.0 Å². The number of carbonyl (C=O) groups excluding carboxylic acids is 1. The second-order valence-electron chi connectivity index (χ2n) is 6.00. The number of ether oxygens (including phenoxy) is 1. The summed E-state index contributed by atoms with van der Waals surface area (Å²) < 4.78 is 6.71. The van der Waals surface area contributed by atoms with Crippen molar-refractivity contribution >= 4 is 34.2 Å². The van der Waals surface area contributed by atoms with E-state index in [9.17, 15) is 4.79 Å². The molecule has 0 aliphatic heterocycles. The maximum Gasteiger partial charge on any atom is 0.258 e. The molecule has 0 bridgehead atoms. The van der Waals surface area contributed by atoms with E-state index in [0.717, 1.165) is 0 Å². The molecule has 0 atom stereocenters. The van der Waals surface area contributed by atoms with Gasteiger partial charge in [0.2, 0.25) is 0 Å². The molecule has 28 heavy (non-hydrogen) atoms. The van der Waals surface area contributed by atoms with E-state index in [0.29, 0.717) is 33.9 Å². The zero-order valence-electron chi connectivity index (χ0n) is 15.4. The van der Waals surface area contributed by atoms with Gasteiger partial charge in [-0.2, -0.15) is 5.10 Å². The number of hydrogen-bond acceptors (Lipinski definition) is 7. The zero-order valence-corrected chi connectivity index (χ0v) is 16.1. The second-order valence-corrected chi connectivity index (χ2v) is 6.37. The van der Waals surface area contributed by atoms with Crippen LogP contribution in [0.25, 0.3) is 11.0 Å². The average Bonchev–Trinajstić information content (AvgIpc) is 2.98. The molecular formula is C18H20ClN7O2. The Kier molecular flexibility index (Phi) is 5.67. The Hall–Kier alpha value is -3.30. The Morgan fingerprint density at radius 2 is 2.07 bits per heavy atom. The number of fused-ring (bicyclic) bond motifs is 1. The summed E-state index contributed by atoms with van der Waals surface area (Å²) in [6.45, 7) is 2.06. The van der Waals surface area contributed by atoms with Gasteiger partial charge in [0.05, 0.1) is 35.3 Å². The quantitative estimate of drug-likeness (QED) is 0.366. The smallest absolute Gasteiger partial charge is 0.258 e. The van der Waals surface area contributed by atoms with Crippen LogP contribution >= 0.6 is 11.6 Å². The summed E-state index contributed by atoms with van der Waals surface area (Å²) in [5.41, 5.74) is 10.7. The highest BCUT2D eigenvalue weighted by atomic mass is 35.5. The second kappa shape index (κ2) is 8.15. The van der Waals surface area contributed by atoms with E-state index < -0.39 is 0 Å². The molecule has 10 heteroatoms. The van der Waals surface area contributed by atoms with Crippen LogP contribution in [0.1, 0.15) is 16.1 Å². The topological polar surface area (TPSA) is 133 Å². The van der Waals surface area contributed by atoms with Gasteiger partial charge in [-0.1, -0.05) is 11.6 Å². The van der Waals surface area contributed by atoms with Gasteiger partial charge in [0, 0.05) is 23.8 Å². The molecule has 146 valence electrons. The number of hydrazine groups is 1. The lowest BCUT2D eigenvalue weighted by atomic mass is 10.2. The van der Waals surface area contributed by atoms with E-state index in [-0.39, 0.29) is 23.0 Å². The molecule has 1 amide bonds. The third-order valence-electron chi connectivity index (χ3n) is 4.07. The predicted octanol–water partition coefficient (Wildman–Crippen LogP) is 1.92. The average molecular weight is 402 g/mol. The minimum atomic E-state index is -0.372. The number of nitrogens with one attached hydrogen (secondary N) is 2. The first-order valence-electron chi connectivity index (χ1n) is 8.32. The molecule has 3 aromatic rings. The van der Waals surface area contributed by atoms with E-state index in [2.05, 4.69) is 20.8 Å². The van der Waals surface area contributed by atoms with Crippen LogP contribution in [0, 0.1) is 6.92 Å².